The Bertz CT molecular complexity index is 1330. The first-order valence-electron chi connectivity index (χ1n) is 11.7. The molecule has 4 rings (SSSR count). The molecule has 36 heavy (non-hydrogen) atoms. The number of Topliss-reactive ketones (excluding diaryl/α,β-unsaturated/α-hetero) is 1. The van der Waals surface area contributed by atoms with Crippen molar-refractivity contribution in [2.45, 2.75) is 33.4 Å². The molecule has 1 aliphatic heterocycles. The summed E-state index contributed by atoms with van der Waals surface area (Å²) < 4.78 is 12.4. The number of amides is 2. The van der Waals surface area contributed by atoms with E-state index in [1.807, 2.05) is 48.7 Å². The van der Waals surface area contributed by atoms with Crippen molar-refractivity contribution >= 4 is 23.6 Å². The molecule has 186 valence electrons. The van der Waals surface area contributed by atoms with Gasteiger partial charge in [0.25, 0.3) is 11.8 Å². The minimum absolute atomic E-state index is 0.106. The first kappa shape index (κ1) is 25.1. The maximum absolute atomic E-state index is 12.9. The van der Waals surface area contributed by atoms with E-state index in [-0.39, 0.29) is 29.0 Å². The number of esters is 1. The molecule has 0 radical (unpaired) electrons. The van der Waals surface area contributed by atoms with Gasteiger partial charge in [0.2, 0.25) is 5.78 Å². The predicted molar refractivity (Wildman–Crippen MR) is 132 cm³/mol. The zero-order valence-electron chi connectivity index (χ0n) is 20.6. The molecule has 1 aliphatic rings. The van der Waals surface area contributed by atoms with Crippen molar-refractivity contribution in [3.63, 3.8) is 0 Å². The molecule has 8 heteroatoms. The third-order valence-corrected chi connectivity index (χ3v) is 6.33. The number of ketones is 1. The molecule has 0 aliphatic carbocycles. The summed E-state index contributed by atoms with van der Waals surface area (Å²) in [5, 5.41) is 0. The zero-order valence-corrected chi connectivity index (χ0v) is 20.6. The predicted octanol–water partition coefficient (Wildman–Crippen LogP) is 3.98. The topological polar surface area (TPSA) is 94.9 Å². The summed E-state index contributed by atoms with van der Waals surface area (Å²) >= 11 is 0. The molecular weight excluding hydrogens is 460 g/mol. The number of fused-ring (bicyclic) bond motifs is 1. The van der Waals surface area contributed by atoms with E-state index in [1.54, 1.807) is 13.2 Å². The highest BCUT2D eigenvalue weighted by Gasteiger charge is 2.36. The highest BCUT2D eigenvalue weighted by atomic mass is 16.5. The molecule has 0 N–H and O–H groups in total. The zero-order chi connectivity index (χ0) is 25.8. The van der Waals surface area contributed by atoms with Crippen molar-refractivity contribution in [1.82, 2.24) is 9.47 Å². The van der Waals surface area contributed by atoms with Gasteiger partial charge >= 0.3 is 5.97 Å². The van der Waals surface area contributed by atoms with Gasteiger partial charge in [-0.2, -0.15) is 0 Å². The molecule has 0 atom stereocenters. The minimum atomic E-state index is -0.734. The normalized spacial score (nSPS) is 12.7. The number of ether oxygens (including phenoxy) is 2. The Hall–Kier alpha value is -4.04. The van der Waals surface area contributed by atoms with Gasteiger partial charge in [0.15, 0.2) is 6.61 Å². The standard InChI is InChI=1S/C28H28N2O6/c1-18-14-23(19(2)29(18)12-7-13-35-3)25(31)17-36-28(34)21-10-11-22-24(15-21)27(33)30(26(22)32)16-20-8-5-4-6-9-20/h4-6,8-11,14-15H,7,12-13,16-17H2,1-3H3. The molecule has 2 amide bonds. The second-order valence-corrected chi connectivity index (χ2v) is 8.72. The summed E-state index contributed by atoms with van der Waals surface area (Å²) in [5.74, 6) is -1.92. The van der Waals surface area contributed by atoms with Crippen molar-refractivity contribution in [2.24, 2.45) is 0 Å². The Kier molecular flexibility index (Phi) is 7.45. The van der Waals surface area contributed by atoms with Gasteiger partial charge in [-0.15, -0.1) is 0 Å². The number of aromatic nitrogens is 1. The Morgan fingerprint density at radius 1 is 0.917 bits per heavy atom. The number of carbonyl (C=O) groups excluding carboxylic acids is 4. The van der Waals surface area contributed by atoms with Gasteiger partial charge in [-0.1, -0.05) is 30.3 Å². The summed E-state index contributed by atoms with van der Waals surface area (Å²) in [4.78, 5) is 52.2. The fourth-order valence-corrected chi connectivity index (χ4v) is 4.41. The molecular formula is C28H28N2O6. The minimum Gasteiger partial charge on any atom is -0.454 e. The van der Waals surface area contributed by atoms with Crippen LogP contribution in [0, 0.1) is 13.8 Å². The van der Waals surface area contributed by atoms with Gasteiger partial charge in [0, 0.05) is 37.2 Å². The number of hydrogen-bond donors (Lipinski definition) is 0. The first-order valence-corrected chi connectivity index (χ1v) is 11.7. The van der Waals surface area contributed by atoms with Crippen LogP contribution in [0.15, 0.2) is 54.6 Å². The lowest BCUT2D eigenvalue weighted by Gasteiger charge is -2.13. The van der Waals surface area contributed by atoms with Crippen LogP contribution in [0.25, 0.3) is 0 Å². The summed E-state index contributed by atoms with van der Waals surface area (Å²) in [6.07, 6.45) is 0.817. The monoisotopic (exact) mass is 488 g/mol. The van der Waals surface area contributed by atoms with Gasteiger partial charge in [0.05, 0.1) is 23.2 Å². The molecule has 0 saturated heterocycles. The molecule has 2 aromatic carbocycles. The largest absolute Gasteiger partial charge is 0.454 e. The second kappa shape index (κ2) is 10.7. The Morgan fingerprint density at radius 3 is 2.36 bits per heavy atom. The quantitative estimate of drug-likeness (QED) is 0.185. The van der Waals surface area contributed by atoms with Gasteiger partial charge in [-0.3, -0.25) is 19.3 Å². The van der Waals surface area contributed by atoms with Crippen molar-refractivity contribution < 1.29 is 28.7 Å². The lowest BCUT2D eigenvalue weighted by atomic mass is 10.1. The molecule has 0 spiro atoms. The number of methoxy groups -OCH3 is 1. The molecule has 1 aromatic heterocycles. The van der Waals surface area contributed by atoms with Crippen LogP contribution >= 0.6 is 0 Å². The fraction of sp³-hybridized carbons (Fsp3) is 0.286. The third-order valence-electron chi connectivity index (χ3n) is 6.33. The molecule has 0 fully saturated rings. The van der Waals surface area contributed by atoms with Crippen LogP contribution < -0.4 is 0 Å². The van der Waals surface area contributed by atoms with Crippen molar-refractivity contribution in [1.29, 1.82) is 0 Å². The first-order chi connectivity index (χ1) is 17.3. The highest BCUT2D eigenvalue weighted by molar-refractivity contribution is 6.21. The molecule has 0 saturated carbocycles. The van der Waals surface area contributed by atoms with Gasteiger partial charge in [0.1, 0.15) is 0 Å². The van der Waals surface area contributed by atoms with E-state index in [0.717, 1.165) is 34.8 Å². The average molecular weight is 489 g/mol. The van der Waals surface area contributed by atoms with Crippen LogP contribution in [0.1, 0.15) is 64.8 Å². The lowest BCUT2D eigenvalue weighted by Crippen LogP contribution is -2.29. The summed E-state index contributed by atoms with van der Waals surface area (Å²) in [6.45, 7) is 4.85. The van der Waals surface area contributed by atoms with Crippen LogP contribution in [0.3, 0.4) is 0 Å². The van der Waals surface area contributed by atoms with Crippen molar-refractivity contribution in [2.75, 3.05) is 20.3 Å². The number of benzene rings is 2. The van der Waals surface area contributed by atoms with E-state index < -0.39 is 24.4 Å². The molecule has 0 bridgehead atoms. The Balaban J connectivity index is 1.42. The number of carbonyl (C=O) groups is 4. The summed E-state index contributed by atoms with van der Waals surface area (Å²) in [7, 11) is 1.65. The van der Waals surface area contributed by atoms with E-state index in [9.17, 15) is 19.2 Å². The Labute approximate surface area is 209 Å². The maximum Gasteiger partial charge on any atom is 0.338 e. The number of hydrogen-bond acceptors (Lipinski definition) is 6. The smallest absolute Gasteiger partial charge is 0.338 e. The summed E-state index contributed by atoms with van der Waals surface area (Å²) in [6, 6.07) is 15.2. The average Bonchev–Trinajstić information content (AvgIpc) is 3.30. The fourth-order valence-electron chi connectivity index (χ4n) is 4.41. The van der Waals surface area contributed by atoms with E-state index in [1.165, 1.54) is 18.2 Å². The van der Waals surface area contributed by atoms with Gasteiger partial charge in [-0.25, -0.2) is 4.79 Å². The van der Waals surface area contributed by atoms with E-state index >= 15 is 0 Å². The molecule has 3 aromatic rings. The van der Waals surface area contributed by atoms with E-state index in [4.69, 9.17) is 9.47 Å². The summed E-state index contributed by atoms with van der Waals surface area (Å²) in [5.41, 5.74) is 3.58. The number of rotatable bonds is 10. The highest BCUT2D eigenvalue weighted by Crippen LogP contribution is 2.26. The third kappa shape index (κ3) is 4.99. The van der Waals surface area contributed by atoms with Crippen LogP contribution in [0.4, 0.5) is 0 Å². The number of imide groups is 1. The molecule has 8 nitrogen and oxygen atoms in total. The van der Waals surface area contributed by atoms with Crippen molar-refractivity contribution in [3.05, 3.63) is 93.8 Å². The number of nitrogens with zero attached hydrogens (tertiary/aromatic N) is 2. The second-order valence-electron chi connectivity index (χ2n) is 8.72. The number of aryl methyl sites for hydroxylation is 1. The maximum atomic E-state index is 12.9. The van der Waals surface area contributed by atoms with Crippen LogP contribution in [0.5, 0.6) is 0 Å². The SMILES string of the molecule is COCCCn1c(C)cc(C(=O)COC(=O)c2ccc3c(c2)C(=O)N(Cc2ccccc2)C3=O)c1C. The van der Waals surface area contributed by atoms with Crippen LogP contribution in [-0.2, 0) is 22.6 Å². The van der Waals surface area contributed by atoms with Gasteiger partial charge < -0.3 is 14.0 Å². The Morgan fingerprint density at radius 2 is 1.64 bits per heavy atom. The van der Waals surface area contributed by atoms with Crippen LogP contribution in [-0.4, -0.2) is 53.4 Å². The van der Waals surface area contributed by atoms with Gasteiger partial charge in [-0.05, 0) is 50.1 Å². The molecule has 2 heterocycles. The molecule has 0 unspecified atom stereocenters. The van der Waals surface area contributed by atoms with E-state index in [2.05, 4.69) is 0 Å². The van der Waals surface area contributed by atoms with Crippen molar-refractivity contribution in [3.8, 4) is 0 Å². The lowest BCUT2D eigenvalue weighted by molar-refractivity contribution is 0.0474. The van der Waals surface area contributed by atoms with E-state index in [0.29, 0.717) is 12.2 Å². The van der Waals surface area contributed by atoms with Crippen LogP contribution in [0.2, 0.25) is 0 Å².